The lowest BCUT2D eigenvalue weighted by molar-refractivity contribution is 0.316. The number of nitriles is 1. The van der Waals surface area contributed by atoms with Gasteiger partial charge in [0, 0.05) is 29.5 Å². The molecule has 0 N–H and O–H groups in total. The van der Waals surface area contributed by atoms with Gasteiger partial charge >= 0.3 is 0 Å². The quantitative estimate of drug-likeness (QED) is 0.546. The van der Waals surface area contributed by atoms with E-state index in [9.17, 15) is 5.26 Å². The predicted molar refractivity (Wildman–Crippen MR) is 138 cm³/mol. The summed E-state index contributed by atoms with van der Waals surface area (Å²) in [7, 11) is 0. The number of hydrogen-bond acceptors (Lipinski definition) is 4. The molecule has 1 aromatic carbocycles. The maximum absolute atomic E-state index is 9.82. The van der Waals surface area contributed by atoms with E-state index >= 15 is 0 Å². The zero-order valence-electron chi connectivity index (χ0n) is 19.3. The van der Waals surface area contributed by atoms with E-state index in [0.29, 0.717) is 0 Å². The van der Waals surface area contributed by atoms with Crippen LogP contribution in [0.25, 0.3) is 0 Å². The first-order valence-electron chi connectivity index (χ1n) is 12.3. The average molecular weight is 445 g/mol. The molecule has 2 unspecified atom stereocenters. The minimum Gasteiger partial charge on any atom is -0.334 e. The molecule has 0 saturated carbocycles. The van der Waals surface area contributed by atoms with Crippen LogP contribution in [0.15, 0.2) is 118 Å². The molecule has 0 saturated heterocycles. The Bertz CT molecular complexity index is 1280. The highest BCUT2D eigenvalue weighted by Gasteiger charge is 2.40. The Morgan fingerprint density at radius 3 is 2.47 bits per heavy atom. The average Bonchev–Trinajstić information content (AvgIpc) is 2.92. The number of anilines is 1. The molecule has 6 rings (SSSR count). The zero-order valence-corrected chi connectivity index (χ0v) is 19.3. The molecule has 0 fully saturated rings. The molecule has 0 spiro atoms. The van der Waals surface area contributed by atoms with Gasteiger partial charge in [-0.1, -0.05) is 60.7 Å². The van der Waals surface area contributed by atoms with Crippen LogP contribution in [0, 0.1) is 17.2 Å². The van der Waals surface area contributed by atoms with Gasteiger partial charge in [-0.15, -0.1) is 0 Å². The van der Waals surface area contributed by atoms with Gasteiger partial charge in [0.15, 0.2) is 0 Å². The van der Waals surface area contributed by atoms with Crippen molar-refractivity contribution >= 4 is 11.4 Å². The second-order valence-electron chi connectivity index (χ2n) is 9.16. The number of hydrogen-bond donors (Lipinski definition) is 0. The van der Waals surface area contributed by atoms with E-state index < -0.39 is 0 Å². The number of para-hydroxylation sites is 1. The van der Waals surface area contributed by atoms with Crippen LogP contribution in [0.3, 0.4) is 0 Å². The van der Waals surface area contributed by atoms with Crippen molar-refractivity contribution in [1.29, 1.82) is 5.26 Å². The van der Waals surface area contributed by atoms with E-state index in [0.717, 1.165) is 49.9 Å². The van der Waals surface area contributed by atoms with Gasteiger partial charge < -0.3 is 9.80 Å². The van der Waals surface area contributed by atoms with Crippen LogP contribution in [-0.4, -0.2) is 23.2 Å². The van der Waals surface area contributed by atoms with Crippen molar-refractivity contribution in [3.05, 3.63) is 113 Å². The van der Waals surface area contributed by atoms with Crippen LogP contribution < -0.4 is 4.90 Å². The summed E-state index contributed by atoms with van der Waals surface area (Å²) in [5, 5.41) is 9.82. The fraction of sp³-hybridized carbons (Fsp3) is 0.267. The van der Waals surface area contributed by atoms with Gasteiger partial charge in [-0.05, 0) is 56.4 Å². The van der Waals surface area contributed by atoms with Crippen LogP contribution in [-0.2, 0) is 0 Å². The van der Waals surface area contributed by atoms with Gasteiger partial charge in [-0.2, -0.15) is 5.26 Å². The lowest BCUT2D eigenvalue weighted by Crippen LogP contribution is -2.47. The van der Waals surface area contributed by atoms with Gasteiger partial charge in [-0.25, -0.2) is 0 Å². The van der Waals surface area contributed by atoms with Gasteiger partial charge in [0.1, 0.15) is 6.07 Å². The van der Waals surface area contributed by atoms with E-state index in [1.807, 2.05) is 0 Å². The molecule has 4 heteroatoms. The summed E-state index contributed by atoms with van der Waals surface area (Å²) >= 11 is 0. The topological polar surface area (TPSA) is 42.6 Å². The molecule has 168 valence electrons. The summed E-state index contributed by atoms with van der Waals surface area (Å²) in [4.78, 5) is 9.88. The summed E-state index contributed by atoms with van der Waals surface area (Å²) in [6.45, 7) is 0.758. The maximum Gasteiger partial charge on any atom is 0.101 e. The first-order valence-corrected chi connectivity index (χ1v) is 12.3. The first-order chi connectivity index (χ1) is 16.9. The number of allylic oxidation sites excluding steroid dienone is 9. The number of dihydropyridines is 1. The number of nitrogens with zero attached hydrogens (tertiary/aromatic N) is 4. The molecule has 5 aliphatic rings. The van der Waals surface area contributed by atoms with Crippen molar-refractivity contribution in [3.63, 3.8) is 0 Å². The van der Waals surface area contributed by atoms with E-state index in [1.165, 1.54) is 28.5 Å². The smallest absolute Gasteiger partial charge is 0.101 e. The van der Waals surface area contributed by atoms with Crippen molar-refractivity contribution < 1.29 is 0 Å². The molecular weight excluding hydrogens is 416 g/mol. The minimum atomic E-state index is 0.0446. The van der Waals surface area contributed by atoms with E-state index in [4.69, 9.17) is 4.99 Å². The van der Waals surface area contributed by atoms with Crippen molar-refractivity contribution in [2.24, 2.45) is 10.9 Å². The van der Waals surface area contributed by atoms with E-state index in [-0.39, 0.29) is 12.0 Å². The third-order valence-corrected chi connectivity index (χ3v) is 7.19. The van der Waals surface area contributed by atoms with Crippen molar-refractivity contribution in [2.75, 3.05) is 11.4 Å². The molecule has 0 radical (unpaired) electrons. The highest BCUT2D eigenvalue weighted by molar-refractivity contribution is 6.07. The predicted octanol–water partition coefficient (Wildman–Crippen LogP) is 6.34. The molecule has 2 heterocycles. The number of rotatable bonds is 3. The SMILES string of the molecule is N#CC1=CCCN=C1C1C=CC=CC1N1C2=C(CCC=C2)N(c2ccccc2)C2=C1CCC=C2. The summed E-state index contributed by atoms with van der Waals surface area (Å²) in [6, 6.07) is 13.2. The number of benzene rings is 1. The third kappa shape index (κ3) is 3.40. The monoisotopic (exact) mass is 444 g/mol. The molecular formula is C30H28N4. The van der Waals surface area contributed by atoms with Crippen molar-refractivity contribution in [2.45, 2.75) is 38.1 Å². The van der Waals surface area contributed by atoms with Crippen molar-refractivity contribution in [1.82, 2.24) is 4.90 Å². The van der Waals surface area contributed by atoms with Crippen molar-refractivity contribution in [3.8, 4) is 6.07 Å². The van der Waals surface area contributed by atoms with Gasteiger partial charge in [0.2, 0.25) is 0 Å². The molecule has 2 aliphatic heterocycles. The third-order valence-electron chi connectivity index (χ3n) is 7.19. The molecule has 0 bridgehead atoms. The summed E-state index contributed by atoms with van der Waals surface area (Å²) < 4.78 is 0. The van der Waals surface area contributed by atoms with Crippen LogP contribution in [0.1, 0.15) is 32.1 Å². The highest BCUT2D eigenvalue weighted by atomic mass is 15.3. The van der Waals surface area contributed by atoms with Gasteiger partial charge in [-0.3, -0.25) is 4.99 Å². The largest absolute Gasteiger partial charge is 0.334 e. The molecule has 3 aliphatic carbocycles. The summed E-state index contributed by atoms with van der Waals surface area (Å²) in [6.07, 6.45) is 25.0. The Balaban J connectivity index is 1.51. The second kappa shape index (κ2) is 8.83. The normalized spacial score (nSPS) is 25.6. The standard InChI is InChI=1S/C30H28N4/c31-21-22-11-10-20-32-30(22)24-14-4-5-15-25(24)34-28-18-8-6-16-26(28)33(23-12-2-1-3-13-23)27-17-7-9-19-29(27)34/h1-6,9,11-16,19,24-25H,7-8,10,17-18,20H2. The van der Waals surface area contributed by atoms with Crippen LogP contribution in [0.2, 0.25) is 0 Å². The van der Waals surface area contributed by atoms with E-state index in [1.54, 1.807) is 0 Å². The van der Waals surface area contributed by atoms with Gasteiger partial charge in [0.05, 0.1) is 28.7 Å². The summed E-state index contributed by atoms with van der Waals surface area (Å²) in [5.41, 5.74) is 8.13. The first kappa shape index (κ1) is 20.7. The lowest BCUT2D eigenvalue weighted by Gasteiger charge is -2.48. The lowest BCUT2D eigenvalue weighted by atomic mass is 9.83. The maximum atomic E-state index is 9.82. The second-order valence-corrected chi connectivity index (χ2v) is 9.16. The van der Waals surface area contributed by atoms with Crippen LogP contribution in [0.5, 0.6) is 0 Å². The molecule has 4 nitrogen and oxygen atoms in total. The molecule has 34 heavy (non-hydrogen) atoms. The van der Waals surface area contributed by atoms with Crippen LogP contribution >= 0.6 is 0 Å². The highest BCUT2D eigenvalue weighted by Crippen LogP contribution is 2.45. The molecule has 2 atom stereocenters. The Labute approximate surface area is 201 Å². The number of aliphatic imine (C=N–C) groups is 1. The molecule has 0 aromatic heterocycles. The van der Waals surface area contributed by atoms with Crippen LogP contribution in [0.4, 0.5) is 5.69 Å². The van der Waals surface area contributed by atoms with E-state index in [2.05, 4.69) is 101 Å². The Morgan fingerprint density at radius 1 is 0.882 bits per heavy atom. The zero-order chi connectivity index (χ0) is 22.9. The Kier molecular flexibility index (Phi) is 5.39. The summed E-state index contributed by atoms with van der Waals surface area (Å²) in [5.74, 6) is 0.0446. The minimum absolute atomic E-state index is 0.0446. The molecule has 1 aromatic rings. The Morgan fingerprint density at radius 2 is 1.65 bits per heavy atom. The fourth-order valence-corrected chi connectivity index (χ4v) is 5.74. The Hall–Kier alpha value is -3.84. The molecule has 0 amide bonds. The fourth-order valence-electron chi connectivity index (χ4n) is 5.74. The van der Waals surface area contributed by atoms with Gasteiger partial charge in [0.25, 0.3) is 0 Å².